The Bertz CT molecular complexity index is 1030. The SMILES string of the molecule is O=C(c1cc(F)ccc1F)C1CCN(Cc2c(O)ccc3ccccc23)CC1. The van der Waals surface area contributed by atoms with Crippen LogP contribution in [0, 0.1) is 17.6 Å². The van der Waals surface area contributed by atoms with E-state index in [1.807, 2.05) is 30.3 Å². The summed E-state index contributed by atoms with van der Waals surface area (Å²) < 4.78 is 27.3. The Hall–Kier alpha value is -2.79. The Balaban J connectivity index is 1.46. The summed E-state index contributed by atoms with van der Waals surface area (Å²) in [6.45, 7) is 1.91. The van der Waals surface area contributed by atoms with Crippen molar-refractivity contribution in [1.29, 1.82) is 0 Å². The highest BCUT2D eigenvalue weighted by Crippen LogP contribution is 2.30. The third kappa shape index (κ3) is 3.62. The van der Waals surface area contributed by atoms with Crippen molar-refractivity contribution in [2.75, 3.05) is 13.1 Å². The highest BCUT2D eigenvalue weighted by Gasteiger charge is 2.28. The predicted molar refractivity (Wildman–Crippen MR) is 104 cm³/mol. The van der Waals surface area contributed by atoms with Gasteiger partial charge in [0, 0.05) is 18.0 Å². The van der Waals surface area contributed by atoms with Crippen molar-refractivity contribution in [2.24, 2.45) is 5.92 Å². The number of carbonyl (C=O) groups is 1. The Kier molecular flexibility index (Phi) is 5.09. The minimum absolute atomic E-state index is 0.162. The Morgan fingerprint density at radius 1 is 1.04 bits per heavy atom. The van der Waals surface area contributed by atoms with Crippen LogP contribution in [-0.4, -0.2) is 28.9 Å². The molecule has 3 aromatic carbocycles. The maximum absolute atomic E-state index is 13.9. The molecule has 1 fully saturated rings. The Labute approximate surface area is 162 Å². The summed E-state index contributed by atoms with van der Waals surface area (Å²) in [4.78, 5) is 14.8. The van der Waals surface area contributed by atoms with Crippen molar-refractivity contribution >= 4 is 16.6 Å². The summed E-state index contributed by atoms with van der Waals surface area (Å²) in [7, 11) is 0. The van der Waals surface area contributed by atoms with Crippen LogP contribution < -0.4 is 0 Å². The van der Waals surface area contributed by atoms with Crippen LogP contribution >= 0.6 is 0 Å². The van der Waals surface area contributed by atoms with E-state index in [4.69, 9.17) is 0 Å². The molecule has 1 aliphatic rings. The minimum Gasteiger partial charge on any atom is -0.508 e. The molecule has 5 heteroatoms. The quantitative estimate of drug-likeness (QED) is 0.652. The van der Waals surface area contributed by atoms with Crippen molar-refractivity contribution < 1.29 is 18.7 Å². The fourth-order valence-corrected chi connectivity index (χ4v) is 3.97. The van der Waals surface area contributed by atoms with E-state index in [2.05, 4.69) is 4.90 Å². The molecule has 28 heavy (non-hydrogen) atoms. The van der Waals surface area contributed by atoms with Crippen LogP contribution in [0.3, 0.4) is 0 Å². The second kappa shape index (κ2) is 7.68. The molecule has 144 valence electrons. The number of piperidine rings is 1. The molecule has 0 saturated carbocycles. The van der Waals surface area contributed by atoms with Crippen LogP contribution in [-0.2, 0) is 6.54 Å². The van der Waals surface area contributed by atoms with Crippen LogP contribution in [0.25, 0.3) is 10.8 Å². The van der Waals surface area contributed by atoms with Gasteiger partial charge in [0.25, 0.3) is 0 Å². The van der Waals surface area contributed by atoms with Crippen LogP contribution in [0.2, 0.25) is 0 Å². The lowest BCUT2D eigenvalue weighted by Crippen LogP contribution is -2.36. The summed E-state index contributed by atoms with van der Waals surface area (Å²) in [5, 5.41) is 12.4. The molecule has 3 aromatic rings. The summed E-state index contributed by atoms with van der Waals surface area (Å²) in [6, 6.07) is 14.5. The number of carbonyl (C=O) groups excluding carboxylic acids is 1. The molecule has 0 aliphatic carbocycles. The van der Waals surface area contributed by atoms with Gasteiger partial charge in [0.2, 0.25) is 0 Å². The van der Waals surface area contributed by atoms with Gasteiger partial charge in [-0.3, -0.25) is 9.69 Å². The highest BCUT2D eigenvalue weighted by molar-refractivity contribution is 5.98. The molecule has 0 radical (unpaired) electrons. The van der Waals surface area contributed by atoms with Gasteiger partial charge in [-0.15, -0.1) is 0 Å². The van der Waals surface area contributed by atoms with E-state index in [1.54, 1.807) is 6.07 Å². The van der Waals surface area contributed by atoms with E-state index in [0.29, 0.717) is 32.5 Å². The molecule has 4 rings (SSSR count). The third-order valence-corrected chi connectivity index (χ3v) is 5.55. The molecular formula is C23H21F2NO2. The van der Waals surface area contributed by atoms with Gasteiger partial charge < -0.3 is 5.11 Å². The van der Waals surface area contributed by atoms with Gasteiger partial charge in [-0.1, -0.05) is 30.3 Å². The van der Waals surface area contributed by atoms with Gasteiger partial charge >= 0.3 is 0 Å². The van der Waals surface area contributed by atoms with Crippen LogP contribution in [0.4, 0.5) is 8.78 Å². The van der Waals surface area contributed by atoms with Gasteiger partial charge in [-0.2, -0.15) is 0 Å². The van der Waals surface area contributed by atoms with E-state index in [0.717, 1.165) is 34.5 Å². The summed E-state index contributed by atoms with van der Waals surface area (Å²) >= 11 is 0. The number of hydrogen-bond donors (Lipinski definition) is 1. The number of Topliss-reactive ketones (excluding diaryl/α,β-unsaturated/α-hetero) is 1. The smallest absolute Gasteiger partial charge is 0.169 e. The normalized spacial score (nSPS) is 15.8. The number of hydrogen-bond acceptors (Lipinski definition) is 3. The first-order chi connectivity index (χ1) is 13.5. The van der Waals surface area contributed by atoms with E-state index in [9.17, 15) is 18.7 Å². The number of halogens is 2. The topological polar surface area (TPSA) is 40.5 Å². The van der Waals surface area contributed by atoms with Crippen molar-refractivity contribution in [3.63, 3.8) is 0 Å². The molecule has 1 N–H and O–H groups in total. The lowest BCUT2D eigenvalue weighted by molar-refractivity contribution is 0.0829. The van der Waals surface area contributed by atoms with Crippen LogP contribution in [0.1, 0.15) is 28.8 Å². The van der Waals surface area contributed by atoms with Crippen LogP contribution in [0.15, 0.2) is 54.6 Å². The average molecular weight is 381 g/mol. The molecule has 0 spiro atoms. The summed E-state index contributed by atoms with van der Waals surface area (Å²) in [6.07, 6.45) is 1.17. The first-order valence-corrected chi connectivity index (χ1v) is 9.44. The summed E-state index contributed by atoms with van der Waals surface area (Å²) in [5.41, 5.74) is 0.712. The van der Waals surface area contributed by atoms with Gasteiger partial charge in [-0.25, -0.2) is 8.78 Å². The lowest BCUT2D eigenvalue weighted by atomic mass is 9.88. The first kappa shape index (κ1) is 18.6. The second-order valence-electron chi connectivity index (χ2n) is 7.32. The number of phenolic OH excluding ortho intramolecular Hbond substituents is 1. The van der Waals surface area contributed by atoms with Crippen LogP contribution in [0.5, 0.6) is 5.75 Å². The number of aromatic hydroxyl groups is 1. The fourth-order valence-electron chi connectivity index (χ4n) is 3.97. The van der Waals surface area contributed by atoms with E-state index in [-0.39, 0.29) is 23.0 Å². The van der Waals surface area contributed by atoms with E-state index >= 15 is 0 Å². The molecule has 0 bridgehead atoms. The zero-order valence-electron chi connectivity index (χ0n) is 15.4. The molecule has 0 aromatic heterocycles. The first-order valence-electron chi connectivity index (χ1n) is 9.44. The second-order valence-corrected chi connectivity index (χ2v) is 7.32. The number of likely N-dealkylation sites (tertiary alicyclic amines) is 1. The third-order valence-electron chi connectivity index (χ3n) is 5.55. The molecule has 3 nitrogen and oxygen atoms in total. The van der Waals surface area contributed by atoms with E-state index in [1.165, 1.54) is 0 Å². The maximum Gasteiger partial charge on any atom is 0.169 e. The number of phenols is 1. The molecule has 1 aliphatic heterocycles. The number of fused-ring (bicyclic) bond motifs is 1. The molecule has 1 saturated heterocycles. The maximum atomic E-state index is 13.9. The Morgan fingerprint density at radius 3 is 2.57 bits per heavy atom. The predicted octanol–water partition coefficient (Wildman–Crippen LogP) is 4.92. The van der Waals surface area contributed by atoms with Gasteiger partial charge in [0.1, 0.15) is 17.4 Å². The minimum atomic E-state index is -0.672. The molecule has 0 amide bonds. The molecule has 0 unspecified atom stereocenters. The molecule has 1 heterocycles. The monoisotopic (exact) mass is 381 g/mol. The highest BCUT2D eigenvalue weighted by atomic mass is 19.1. The Morgan fingerprint density at radius 2 is 1.79 bits per heavy atom. The van der Waals surface area contributed by atoms with Crippen molar-refractivity contribution in [1.82, 2.24) is 4.90 Å². The number of rotatable bonds is 4. The van der Waals surface area contributed by atoms with Crippen molar-refractivity contribution in [3.8, 4) is 5.75 Å². The van der Waals surface area contributed by atoms with Gasteiger partial charge in [0.05, 0.1) is 5.56 Å². The fraction of sp³-hybridized carbons (Fsp3) is 0.261. The number of nitrogens with zero attached hydrogens (tertiary/aromatic N) is 1. The molecular weight excluding hydrogens is 360 g/mol. The lowest BCUT2D eigenvalue weighted by Gasteiger charge is -2.31. The summed E-state index contributed by atoms with van der Waals surface area (Å²) in [5.74, 6) is -1.65. The number of benzene rings is 3. The standard InChI is InChI=1S/C23H21F2NO2/c24-17-6-7-21(25)19(13-17)23(28)16-9-11-26(12-10-16)14-20-18-4-2-1-3-15(18)5-8-22(20)27/h1-8,13,16,27H,9-12,14H2. The van der Waals surface area contributed by atoms with Crippen molar-refractivity contribution in [2.45, 2.75) is 19.4 Å². The molecule has 0 atom stereocenters. The van der Waals surface area contributed by atoms with E-state index < -0.39 is 11.6 Å². The van der Waals surface area contributed by atoms with Gasteiger partial charge in [-0.05, 0) is 61.0 Å². The van der Waals surface area contributed by atoms with Gasteiger partial charge in [0.15, 0.2) is 5.78 Å². The van der Waals surface area contributed by atoms with Crippen molar-refractivity contribution in [3.05, 3.63) is 77.4 Å². The average Bonchev–Trinajstić information content (AvgIpc) is 2.72. The zero-order valence-corrected chi connectivity index (χ0v) is 15.4. The zero-order chi connectivity index (χ0) is 19.7. The largest absolute Gasteiger partial charge is 0.508 e. The number of ketones is 1.